The van der Waals surface area contributed by atoms with Crippen LogP contribution in [-0.2, 0) is 0 Å². The van der Waals surface area contributed by atoms with E-state index in [1.807, 2.05) is 0 Å². The van der Waals surface area contributed by atoms with Gasteiger partial charge in [0, 0.05) is 12.7 Å². The van der Waals surface area contributed by atoms with Crippen molar-refractivity contribution in [2.75, 3.05) is 17.6 Å². The Kier molecular flexibility index (Phi) is 3.50. The molecule has 15 heavy (non-hydrogen) atoms. The number of nitrogens with zero attached hydrogens (tertiary/aromatic N) is 2. The lowest BCUT2D eigenvalue weighted by atomic mass is 9.81. The van der Waals surface area contributed by atoms with Crippen LogP contribution in [0, 0.1) is 11.3 Å². The van der Waals surface area contributed by atoms with Gasteiger partial charge in [-0.05, 0) is 17.4 Å². The van der Waals surface area contributed by atoms with E-state index in [9.17, 15) is 0 Å². The van der Waals surface area contributed by atoms with Gasteiger partial charge in [0.2, 0.25) is 5.95 Å². The lowest BCUT2D eigenvalue weighted by molar-refractivity contribution is 0.269. The van der Waals surface area contributed by atoms with Crippen molar-refractivity contribution in [1.82, 2.24) is 9.97 Å². The molecule has 0 unspecified atom stereocenters. The lowest BCUT2D eigenvalue weighted by Crippen LogP contribution is -2.29. The second kappa shape index (κ2) is 4.47. The number of nitrogens with two attached hydrogens (primary N) is 1. The fraction of sp³-hybridized carbons (Fsp3) is 0.636. The van der Waals surface area contributed by atoms with E-state index in [1.54, 1.807) is 12.3 Å². The molecule has 0 atom stereocenters. The maximum absolute atomic E-state index is 5.57. The molecule has 1 aromatic heterocycles. The van der Waals surface area contributed by atoms with Crippen LogP contribution in [0.2, 0.25) is 0 Å². The first kappa shape index (κ1) is 11.8. The Hall–Kier alpha value is -1.32. The molecule has 1 heterocycles. The highest BCUT2D eigenvalue weighted by atomic mass is 15.1. The summed E-state index contributed by atoms with van der Waals surface area (Å²) in [7, 11) is 0. The molecule has 0 aliphatic carbocycles. The monoisotopic (exact) mass is 208 g/mol. The number of hydrogen-bond acceptors (Lipinski definition) is 4. The predicted octanol–water partition coefficient (Wildman–Crippen LogP) is 2.15. The Bertz CT molecular complexity index is 320. The van der Waals surface area contributed by atoms with Crippen molar-refractivity contribution in [2.45, 2.75) is 27.7 Å². The molecule has 3 N–H and O–H groups in total. The van der Waals surface area contributed by atoms with Crippen LogP contribution in [0.5, 0.6) is 0 Å². The second-order valence-corrected chi connectivity index (χ2v) is 4.80. The van der Waals surface area contributed by atoms with Crippen LogP contribution >= 0.6 is 0 Å². The van der Waals surface area contributed by atoms with Gasteiger partial charge in [-0.2, -0.15) is 4.98 Å². The predicted molar refractivity (Wildman–Crippen MR) is 63.6 cm³/mol. The van der Waals surface area contributed by atoms with Gasteiger partial charge >= 0.3 is 0 Å². The molecule has 0 saturated carbocycles. The molecule has 0 radical (unpaired) electrons. The summed E-state index contributed by atoms with van der Waals surface area (Å²) in [6.07, 6.45) is 1.66. The second-order valence-electron chi connectivity index (χ2n) is 4.80. The molecule has 0 bridgehead atoms. The summed E-state index contributed by atoms with van der Waals surface area (Å²) in [6, 6.07) is 1.68. The highest BCUT2D eigenvalue weighted by molar-refractivity contribution is 5.35. The van der Waals surface area contributed by atoms with Crippen LogP contribution in [-0.4, -0.2) is 16.5 Å². The van der Waals surface area contributed by atoms with Gasteiger partial charge in [0.05, 0.1) is 0 Å². The standard InChI is InChI=1S/C11H20N4/c1-8(2)11(3,4)7-14-10-13-6-5-9(12)15-10/h5-6,8H,7H2,1-4H3,(H3,12,13,14,15). The van der Waals surface area contributed by atoms with E-state index in [0.29, 0.717) is 17.7 Å². The molecule has 0 amide bonds. The van der Waals surface area contributed by atoms with Crippen LogP contribution in [0.25, 0.3) is 0 Å². The Morgan fingerprint density at radius 2 is 2.13 bits per heavy atom. The zero-order valence-electron chi connectivity index (χ0n) is 9.91. The van der Waals surface area contributed by atoms with E-state index in [2.05, 4.69) is 43.0 Å². The Morgan fingerprint density at radius 3 is 2.67 bits per heavy atom. The van der Waals surface area contributed by atoms with Gasteiger partial charge < -0.3 is 11.1 Å². The summed E-state index contributed by atoms with van der Waals surface area (Å²) in [5.74, 6) is 1.70. The zero-order valence-corrected chi connectivity index (χ0v) is 9.91. The number of aromatic nitrogens is 2. The maximum Gasteiger partial charge on any atom is 0.224 e. The summed E-state index contributed by atoms with van der Waals surface area (Å²) in [4.78, 5) is 8.19. The van der Waals surface area contributed by atoms with Crippen molar-refractivity contribution in [3.8, 4) is 0 Å². The minimum absolute atomic E-state index is 0.216. The molecule has 4 heteroatoms. The maximum atomic E-state index is 5.57. The molecule has 1 aromatic rings. The smallest absolute Gasteiger partial charge is 0.224 e. The van der Waals surface area contributed by atoms with Gasteiger partial charge in [0.1, 0.15) is 5.82 Å². The van der Waals surface area contributed by atoms with Crippen molar-refractivity contribution < 1.29 is 0 Å². The minimum Gasteiger partial charge on any atom is -0.384 e. The van der Waals surface area contributed by atoms with E-state index in [-0.39, 0.29) is 5.41 Å². The van der Waals surface area contributed by atoms with E-state index >= 15 is 0 Å². The van der Waals surface area contributed by atoms with Crippen LogP contribution < -0.4 is 11.1 Å². The highest BCUT2D eigenvalue weighted by Crippen LogP contribution is 2.25. The third-order valence-electron chi connectivity index (χ3n) is 2.94. The van der Waals surface area contributed by atoms with Crippen LogP contribution in [0.4, 0.5) is 11.8 Å². The molecule has 0 aromatic carbocycles. The fourth-order valence-corrected chi connectivity index (χ4v) is 0.969. The number of anilines is 2. The van der Waals surface area contributed by atoms with Crippen molar-refractivity contribution in [1.29, 1.82) is 0 Å². The molecule has 0 aliphatic rings. The molecular formula is C11H20N4. The quantitative estimate of drug-likeness (QED) is 0.795. The summed E-state index contributed by atoms with van der Waals surface area (Å²) >= 11 is 0. The normalized spacial score (nSPS) is 11.8. The first-order valence-electron chi connectivity index (χ1n) is 5.24. The first-order valence-corrected chi connectivity index (χ1v) is 5.24. The van der Waals surface area contributed by atoms with Crippen LogP contribution in [0.15, 0.2) is 12.3 Å². The van der Waals surface area contributed by atoms with Gasteiger partial charge in [-0.15, -0.1) is 0 Å². The van der Waals surface area contributed by atoms with Gasteiger partial charge in [0.25, 0.3) is 0 Å². The first-order chi connectivity index (χ1) is 6.92. The van der Waals surface area contributed by atoms with Gasteiger partial charge in [0.15, 0.2) is 0 Å². The fourth-order valence-electron chi connectivity index (χ4n) is 0.969. The van der Waals surface area contributed by atoms with E-state index in [4.69, 9.17) is 5.73 Å². The molecule has 4 nitrogen and oxygen atoms in total. The molecule has 0 aliphatic heterocycles. The number of nitrogens with one attached hydrogen (secondary N) is 1. The molecule has 0 spiro atoms. The van der Waals surface area contributed by atoms with E-state index < -0.39 is 0 Å². The SMILES string of the molecule is CC(C)C(C)(C)CNc1nccc(N)n1. The van der Waals surface area contributed by atoms with E-state index in [1.165, 1.54) is 0 Å². The highest BCUT2D eigenvalue weighted by Gasteiger charge is 2.22. The summed E-state index contributed by atoms with van der Waals surface area (Å²) in [6.45, 7) is 9.70. The average molecular weight is 208 g/mol. The summed E-state index contributed by atoms with van der Waals surface area (Å²) in [5.41, 5.74) is 5.78. The Morgan fingerprint density at radius 1 is 1.47 bits per heavy atom. The summed E-state index contributed by atoms with van der Waals surface area (Å²) in [5, 5.41) is 3.20. The number of rotatable bonds is 4. The zero-order chi connectivity index (χ0) is 11.5. The molecule has 84 valence electrons. The van der Waals surface area contributed by atoms with Crippen molar-refractivity contribution in [3.05, 3.63) is 12.3 Å². The van der Waals surface area contributed by atoms with Gasteiger partial charge in [-0.3, -0.25) is 0 Å². The topological polar surface area (TPSA) is 63.8 Å². The van der Waals surface area contributed by atoms with Gasteiger partial charge in [-0.1, -0.05) is 27.7 Å². The van der Waals surface area contributed by atoms with Crippen LogP contribution in [0.3, 0.4) is 0 Å². The molecule has 1 rings (SSSR count). The largest absolute Gasteiger partial charge is 0.384 e. The summed E-state index contributed by atoms with van der Waals surface area (Å²) < 4.78 is 0. The lowest BCUT2D eigenvalue weighted by Gasteiger charge is -2.29. The van der Waals surface area contributed by atoms with E-state index in [0.717, 1.165) is 6.54 Å². The average Bonchev–Trinajstić information content (AvgIpc) is 2.15. The Labute approximate surface area is 91.3 Å². The third kappa shape index (κ3) is 3.38. The molecular weight excluding hydrogens is 188 g/mol. The van der Waals surface area contributed by atoms with Gasteiger partial charge in [-0.25, -0.2) is 4.98 Å². The molecule has 0 saturated heterocycles. The minimum atomic E-state index is 0.216. The van der Waals surface area contributed by atoms with Crippen LogP contribution in [0.1, 0.15) is 27.7 Å². The Balaban J connectivity index is 2.57. The number of nitrogen functional groups attached to an aromatic ring is 1. The molecule has 0 fully saturated rings. The van der Waals surface area contributed by atoms with Crippen molar-refractivity contribution >= 4 is 11.8 Å². The third-order valence-corrected chi connectivity index (χ3v) is 2.94. The van der Waals surface area contributed by atoms with Crippen molar-refractivity contribution in [2.24, 2.45) is 11.3 Å². The van der Waals surface area contributed by atoms with Crippen molar-refractivity contribution in [3.63, 3.8) is 0 Å². The number of hydrogen-bond donors (Lipinski definition) is 2.